The van der Waals surface area contributed by atoms with E-state index in [4.69, 9.17) is 4.52 Å². The van der Waals surface area contributed by atoms with Crippen molar-refractivity contribution >= 4 is 6.03 Å². The Hall–Kier alpha value is -1.52. The molecule has 0 spiro atoms. The van der Waals surface area contributed by atoms with E-state index in [0.717, 1.165) is 37.4 Å². The highest BCUT2D eigenvalue weighted by atomic mass is 16.5. The number of rotatable bonds is 2. The summed E-state index contributed by atoms with van der Waals surface area (Å²) in [5, 5.41) is 6.73. The number of aryl methyl sites for hydroxylation is 1. The maximum Gasteiger partial charge on any atom is 0.317 e. The normalized spacial score (nSPS) is 17.2. The first kappa shape index (κ1) is 12.0. The lowest BCUT2D eigenvalue weighted by Gasteiger charge is -2.30. The fourth-order valence-corrected chi connectivity index (χ4v) is 2.21. The van der Waals surface area contributed by atoms with Gasteiger partial charge in [0.15, 0.2) is 0 Å². The molecule has 5 heteroatoms. The Morgan fingerprint density at radius 2 is 2.29 bits per heavy atom. The molecular weight excluding hydrogens is 218 g/mol. The SMILES string of the molecule is CCNC(=O)N1CCC(c2cc(C)no2)CC1. The summed E-state index contributed by atoms with van der Waals surface area (Å²) < 4.78 is 5.28. The van der Waals surface area contributed by atoms with Crippen molar-refractivity contribution in [3.05, 3.63) is 17.5 Å². The zero-order valence-corrected chi connectivity index (χ0v) is 10.4. The predicted molar refractivity (Wildman–Crippen MR) is 63.9 cm³/mol. The first-order chi connectivity index (χ1) is 8.20. The molecule has 0 radical (unpaired) electrons. The molecule has 2 heterocycles. The molecule has 0 saturated carbocycles. The average Bonchev–Trinajstić information content (AvgIpc) is 2.76. The zero-order chi connectivity index (χ0) is 12.3. The number of urea groups is 1. The Kier molecular flexibility index (Phi) is 3.66. The molecule has 1 fully saturated rings. The second kappa shape index (κ2) is 5.21. The quantitative estimate of drug-likeness (QED) is 0.854. The number of aromatic nitrogens is 1. The Balaban J connectivity index is 1.88. The van der Waals surface area contributed by atoms with Crippen LogP contribution in [0.15, 0.2) is 10.6 Å². The molecule has 0 bridgehead atoms. The van der Waals surface area contributed by atoms with E-state index in [1.165, 1.54) is 0 Å². The molecule has 94 valence electrons. The largest absolute Gasteiger partial charge is 0.361 e. The third-order valence-corrected chi connectivity index (χ3v) is 3.16. The van der Waals surface area contributed by atoms with Crippen LogP contribution in [0.1, 0.15) is 37.1 Å². The molecule has 0 atom stereocenters. The Morgan fingerprint density at radius 3 is 2.82 bits per heavy atom. The van der Waals surface area contributed by atoms with Gasteiger partial charge in [0.05, 0.1) is 5.69 Å². The highest BCUT2D eigenvalue weighted by Gasteiger charge is 2.25. The van der Waals surface area contributed by atoms with Crippen molar-refractivity contribution < 1.29 is 9.32 Å². The molecule has 1 N–H and O–H groups in total. The fourth-order valence-electron chi connectivity index (χ4n) is 2.21. The average molecular weight is 237 g/mol. The van der Waals surface area contributed by atoms with E-state index in [-0.39, 0.29) is 6.03 Å². The van der Waals surface area contributed by atoms with Crippen LogP contribution in [0.25, 0.3) is 0 Å². The summed E-state index contributed by atoms with van der Waals surface area (Å²) in [5.41, 5.74) is 0.922. The van der Waals surface area contributed by atoms with Crippen LogP contribution in [0.4, 0.5) is 4.79 Å². The van der Waals surface area contributed by atoms with Gasteiger partial charge in [0, 0.05) is 31.6 Å². The molecule has 1 aliphatic rings. The number of piperidine rings is 1. The standard InChI is InChI=1S/C12H19N3O2/c1-3-13-12(16)15-6-4-10(5-7-15)11-8-9(2)14-17-11/h8,10H,3-7H2,1-2H3,(H,13,16). The molecule has 17 heavy (non-hydrogen) atoms. The van der Waals surface area contributed by atoms with Gasteiger partial charge < -0.3 is 14.7 Å². The van der Waals surface area contributed by atoms with Gasteiger partial charge in [0.1, 0.15) is 5.76 Å². The molecular formula is C12H19N3O2. The lowest BCUT2D eigenvalue weighted by atomic mass is 9.94. The number of likely N-dealkylation sites (tertiary alicyclic amines) is 1. The van der Waals surface area contributed by atoms with Crippen molar-refractivity contribution in [2.75, 3.05) is 19.6 Å². The molecule has 1 saturated heterocycles. The fraction of sp³-hybridized carbons (Fsp3) is 0.667. The molecule has 5 nitrogen and oxygen atoms in total. The lowest BCUT2D eigenvalue weighted by molar-refractivity contribution is 0.177. The maximum atomic E-state index is 11.6. The number of carbonyl (C=O) groups excluding carboxylic acids is 1. The van der Waals surface area contributed by atoms with Gasteiger partial charge in [-0.3, -0.25) is 0 Å². The van der Waals surface area contributed by atoms with Crippen molar-refractivity contribution in [2.24, 2.45) is 0 Å². The van der Waals surface area contributed by atoms with E-state index in [1.807, 2.05) is 24.8 Å². The van der Waals surface area contributed by atoms with Gasteiger partial charge in [-0.05, 0) is 26.7 Å². The number of nitrogens with one attached hydrogen (secondary N) is 1. The molecule has 1 aromatic heterocycles. The van der Waals surface area contributed by atoms with Gasteiger partial charge in [0.25, 0.3) is 0 Å². The summed E-state index contributed by atoms with van der Waals surface area (Å²) in [4.78, 5) is 13.5. The van der Waals surface area contributed by atoms with Crippen LogP contribution in [0.5, 0.6) is 0 Å². The first-order valence-electron chi connectivity index (χ1n) is 6.16. The molecule has 2 rings (SSSR count). The Bertz CT molecular complexity index is 381. The van der Waals surface area contributed by atoms with Crippen LogP contribution in [-0.2, 0) is 0 Å². The molecule has 0 aliphatic carbocycles. The van der Waals surface area contributed by atoms with Crippen LogP contribution < -0.4 is 5.32 Å². The molecule has 0 unspecified atom stereocenters. The number of hydrogen-bond donors (Lipinski definition) is 1. The third kappa shape index (κ3) is 2.78. The predicted octanol–water partition coefficient (Wildman–Crippen LogP) is 1.89. The van der Waals surface area contributed by atoms with Crippen molar-refractivity contribution in [3.8, 4) is 0 Å². The van der Waals surface area contributed by atoms with Crippen molar-refractivity contribution in [3.63, 3.8) is 0 Å². The number of nitrogens with zero attached hydrogens (tertiary/aromatic N) is 2. The number of amides is 2. The summed E-state index contributed by atoms with van der Waals surface area (Å²) in [6, 6.07) is 2.03. The molecule has 1 aromatic rings. The van der Waals surface area contributed by atoms with Gasteiger partial charge in [-0.25, -0.2) is 4.79 Å². The van der Waals surface area contributed by atoms with Crippen molar-refractivity contribution in [1.82, 2.24) is 15.4 Å². The maximum absolute atomic E-state index is 11.6. The zero-order valence-electron chi connectivity index (χ0n) is 10.4. The highest BCUT2D eigenvalue weighted by molar-refractivity contribution is 5.74. The van der Waals surface area contributed by atoms with Crippen LogP contribution in [-0.4, -0.2) is 35.7 Å². The van der Waals surface area contributed by atoms with Gasteiger partial charge in [-0.1, -0.05) is 5.16 Å². The van der Waals surface area contributed by atoms with Crippen molar-refractivity contribution in [1.29, 1.82) is 0 Å². The van der Waals surface area contributed by atoms with Crippen LogP contribution in [0.3, 0.4) is 0 Å². The summed E-state index contributed by atoms with van der Waals surface area (Å²) in [6.45, 7) is 6.12. The summed E-state index contributed by atoms with van der Waals surface area (Å²) in [7, 11) is 0. The minimum absolute atomic E-state index is 0.0414. The third-order valence-electron chi connectivity index (χ3n) is 3.16. The van der Waals surface area contributed by atoms with E-state index in [2.05, 4.69) is 10.5 Å². The van der Waals surface area contributed by atoms with Gasteiger partial charge >= 0.3 is 6.03 Å². The van der Waals surface area contributed by atoms with E-state index >= 15 is 0 Å². The van der Waals surface area contributed by atoms with Crippen molar-refractivity contribution in [2.45, 2.75) is 32.6 Å². The summed E-state index contributed by atoms with van der Waals surface area (Å²) >= 11 is 0. The first-order valence-corrected chi connectivity index (χ1v) is 6.16. The van der Waals surface area contributed by atoms with Gasteiger partial charge in [0.2, 0.25) is 0 Å². The van der Waals surface area contributed by atoms with Gasteiger partial charge in [-0.2, -0.15) is 0 Å². The lowest BCUT2D eigenvalue weighted by Crippen LogP contribution is -2.43. The topological polar surface area (TPSA) is 58.4 Å². The Morgan fingerprint density at radius 1 is 1.59 bits per heavy atom. The van der Waals surface area contributed by atoms with Crippen LogP contribution in [0, 0.1) is 6.92 Å². The van der Waals surface area contributed by atoms with E-state index in [9.17, 15) is 4.79 Å². The Labute approximate surface area is 101 Å². The second-order valence-corrected chi connectivity index (χ2v) is 4.47. The highest BCUT2D eigenvalue weighted by Crippen LogP contribution is 2.28. The monoisotopic (exact) mass is 237 g/mol. The number of carbonyl (C=O) groups is 1. The van der Waals surface area contributed by atoms with E-state index < -0.39 is 0 Å². The van der Waals surface area contributed by atoms with Gasteiger partial charge in [-0.15, -0.1) is 0 Å². The molecule has 1 aliphatic heterocycles. The molecule has 0 aromatic carbocycles. The second-order valence-electron chi connectivity index (χ2n) is 4.47. The number of hydrogen-bond acceptors (Lipinski definition) is 3. The molecule has 2 amide bonds. The summed E-state index contributed by atoms with van der Waals surface area (Å²) in [6.07, 6.45) is 1.90. The van der Waals surface area contributed by atoms with Crippen LogP contribution in [0.2, 0.25) is 0 Å². The minimum Gasteiger partial charge on any atom is -0.361 e. The summed E-state index contributed by atoms with van der Waals surface area (Å²) in [5.74, 6) is 1.36. The smallest absolute Gasteiger partial charge is 0.317 e. The van der Waals surface area contributed by atoms with E-state index in [1.54, 1.807) is 0 Å². The van der Waals surface area contributed by atoms with E-state index in [0.29, 0.717) is 12.5 Å². The van der Waals surface area contributed by atoms with Crippen LogP contribution >= 0.6 is 0 Å². The minimum atomic E-state index is 0.0414.